The topological polar surface area (TPSA) is 83.5 Å². The van der Waals surface area contributed by atoms with Gasteiger partial charge < -0.3 is 28.8 Å². The first-order valence-electron chi connectivity index (χ1n) is 8.97. The zero-order valence-electron chi connectivity index (χ0n) is 16.0. The quantitative estimate of drug-likeness (QED) is 0.752. The fraction of sp³-hybridized carbons (Fsp3) is 0.227. The minimum Gasteiger partial charge on any atom is -0.497 e. The molecule has 0 aliphatic carbocycles. The fourth-order valence-corrected chi connectivity index (χ4v) is 3.37. The molecule has 1 N–H and O–H groups in total. The van der Waals surface area contributed by atoms with E-state index in [1.807, 2.05) is 24.3 Å². The number of benzene rings is 2. The molecule has 2 aromatic carbocycles. The molecular formula is C22H20O7. The lowest BCUT2D eigenvalue weighted by Crippen LogP contribution is -2.29. The van der Waals surface area contributed by atoms with Crippen molar-refractivity contribution < 1.29 is 33.6 Å². The van der Waals surface area contributed by atoms with Crippen molar-refractivity contribution in [1.82, 2.24) is 0 Å². The van der Waals surface area contributed by atoms with Gasteiger partial charge in [-0.2, -0.15) is 0 Å². The lowest BCUT2D eigenvalue weighted by molar-refractivity contribution is -0.186. The van der Waals surface area contributed by atoms with Crippen LogP contribution in [-0.4, -0.2) is 32.1 Å². The minimum atomic E-state index is -1.94. The number of methoxy groups -OCH3 is 2. The SMILES string of the molecule is COc1ccc(CC2=C(C3=COCO3)C(=O)OC2(O)c2ccc(OC)cc2)cc1. The van der Waals surface area contributed by atoms with Gasteiger partial charge in [0.05, 0.1) is 14.2 Å². The smallest absolute Gasteiger partial charge is 0.345 e. The van der Waals surface area contributed by atoms with Crippen molar-refractivity contribution in [3.8, 4) is 11.5 Å². The number of esters is 1. The Kier molecular flexibility index (Phi) is 4.90. The van der Waals surface area contributed by atoms with Crippen LogP contribution in [0.25, 0.3) is 0 Å². The number of cyclic esters (lactones) is 1. The molecule has 2 aliphatic heterocycles. The molecule has 150 valence electrons. The lowest BCUT2D eigenvalue weighted by atomic mass is 9.89. The van der Waals surface area contributed by atoms with Gasteiger partial charge in [0.25, 0.3) is 5.79 Å². The van der Waals surface area contributed by atoms with Crippen molar-refractivity contribution in [1.29, 1.82) is 0 Å². The summed E-state index contributed by atoms with van der Waals surface area (Å²) in [4.78, 5) is 12.7. The van der Waals surface area contributed by atoms with Gasteiger partial charge in [0.1, 0.15) is 23.3 Å². The van der Waals surface area contributed by atoms with Gasteiger partial charge in [-0.05, 0) is 42.0 Å². The van der Waals surface area contributed by atoms with Crippen molar-refractivity contribution in [2.24, 2.45) is 0 Å². The Labute approximate surface area is 167 Å². The Morgan fingerprint density at radius 3 is 2.17 bits per heavy atom. The maximum absolute atomic E-state index is 12.7. The summed E-state index contributed by atoms with van der Waals surface area (Å²) in [7, 11) is 3.14. The molecule has 1 atom stereocenters. The van der Waals surface area contributed by atoms with Crippen molar-refractivity contribution in [2.75, 3.05) is 21.0 Å². The van der Waals surface area contributed by atoms with Crippen LogP contribution >= 0.6 is 0 Å². The van der Waals surface area contributed by atoms with Crippen LogP contribution in [-0.2, 0) is 31.2 Å². The minimum absolute atomic E-state index is 0.00287. The summed E-state index contributed by atoms with van der Waals surface area (Å²) >= 11 is 0. The molecule has 0 amide bonds. The predicted molar refractivity (Wildman–Crippen MR) is 102 cm³/mol. The molecule has 1 unspecified atom stereocenters. The molecule has 0 spiro atoms. The van der Waals surface area contributed by atoms with E-state index >= 15 is 0 Å². The highest BCUT2D eigenvalue weighted by Crippen LogP contribution is 2.44. The second-order valence-electron chi connectivity index (χ2n) is 6.55. The first-order chi connectivity index (χ1) is 14.0. The van der Waals surface area contributed by atoms with Crippen LogP contribution < -0.4 is 9.47 Å². The van der Waals surface area contributed by atoms with Gasteiger partial charge in [0.15, 0.2) is 5.76 Å². The van der Waals surface area contributed by atoms with Gasteiger partial charge in [0, 0.05) is 17.6 Å². The van der Waals surface area contributed by atoms with E-state index in [0.717, 1.165) is 5.56 Å². The van der Waals surface area contributed by atoms with E-state index in [2.05, 4.69) is 0 Å². The van der Waals surface area contributed by atoms with Gasteiger partial charge in [-0.25, -0.2) is 4.79 Å². The third-order valence-corrected chi connectivity index (χ3v) is 4.90. The van der Waals surface area contributed by atoms with E-state index in [-0.39, 0.29) is 24.5 Å². The molecule has 0 saturated heterocycles. The van der Waals surface area contributed by atoms with Crippen LogP contribution in [0.2, 0.25) is 0 Å². The second kappa shape index (κ2) is 7.52. The molecular weight excluding hydrogens is 376 g/mol. The van der Waals surface area contributed by atoms with Gasteiger partial charge in [-0.3, -0.25) is 0 Å². The van der Waals surface area contributed by atoms with E-state index < -0.39 is 11.8 Å². The molecule has 4 rings (SSSR count). The van der Waals surface area contributed by atoms with E-state index in [1.54, 1.807) is 38.5 Å². The van der Waals surface area contributed by atoms with E-state index in [4.69, 9.17) is 23.7 Å². The monoisotopic (exact) mass is 396 g/mol. The zero-order chi connectivity index (χ0) is 20.4. The van der Waals surface area contributed by atoms with Crippen LogP contribution in [0.3, 0.4) is 0 Å². The highest BCUT2D eigenvalue weighted by molar-refractivity contribution is 5.97. The number of carbonyl (C=O) groups is 1. The number of ether oxygens (including phenoxy) is 5. The Morgan fingerprint density at radius 1 is 1.00 bits per heavy atom. The highest BCUT2D eigenvalue weighted by Gasteiger charge is 2.49. The molecule has 7 nitrogen and oxygen atoms in total. The van der Waals surface area contributed by atoms with Crippen LogP contribution in [0, 0.1) is 0 Å². The molecule has 29 heavy (non-hydrogen) atoms. The van der Waals surface area contributed by atoms with E-state index in [1.165, 1.54) is 6.26 Å². The third kappa shape index (κ3) is 3.40. The number of carbonyl (C=O) groups excluding carboxylic acids is 1. The number of hydrogen-bond donors (Lipinski definition) is 1. The number of hydrogen-bond acceptors (Lipinski definition) is 7. The molecule has 2 aromatic rings. The molecule has 0 bridgehead atoms. The summed E-state index contributed by atoms with van der Waals surface area (Å²) in [5.74, 6) is -1.04. The summed E-state index contributed by atoms with van der Waals surface area (Å²) in [5, 5.41) is 11.5. The van der Waals surface area contributed by atoms with E-state index in [9.17, 15) is 9.90 Å². The second-order valence-corrected chi connectivity index (χ2v) is 6.55. The number of rotatable bonds is 6. The molecule has 2 aliphatic rings. The lowest BCUT2D eigenvalue weighted by Gasteiger charge is -2.26. The third-order valence-electron chi connectivity index (χ3n) is 4.90. The first-order valence-corrected chi connectivity index (χ1v) is 8.97. The average Bonchev–Trinajstić information content (AvgIpc) is 3.35. The van der Waals surface area contributed by atoms with E-state index in [0.29, 0.717) is 22.6 Å². The summed E-state index contributed by atoms with van der Waals surface area (Å²) < 4.78 is 26.3. The molecule has 0 saturated carbocycles. The maximum atomic E-state index is 12.7. The van der Waals surface area contributed by atoms with Gasteiger partial charge in [0.2, 0.25) is 6.79 Å². The van der Waals surface area contributed by atoms with Crippen LogP contribution in [0.4, 0.5) is 0 Å². The summed E-state index contributed by atoms with van der Waals surface area (Å²) in [5.41, 5.74) is 1.80. The van der Waals surface area contributed by atoms with Crippen LogP contribution in [0.5, 0.6) is 11.5 Å². The fourth-order valence-electron chi connectivity index (χ4n) is 3.37. The maximum Gasteiger partial charge on any atom is 0.345 e. The van der Waals surface area contributed by atoms with Crippen LogP contribution in [0.1, 0.15) is 11.1 Å². The zero-order valence-corrected chi connectivity index (χ0v) is 16.0. The summed E-state index contributed by atoms with van der Waals surface area (Å²) in [6, 6.07) is 14.0. The van der Waals surface area contributed by atoms with Gasteiger partial charge in [-0.1, -0.05) is 12.1 Å². The molecule has 0 radical (unpaired) electrons. The molecule has 7 heteroatoms. The Bertz CT molecular complexity index is 973. The highest BCUT2D eigenvalue weighted by atomic mass is 16.7. The summed E-state index contributed by atoms with van der Waals surface area (Å²) in [6.45, 7) is 0.00287. The molecule has 0 aromatic heterocycles. The Balaban J connectivity index is 1.79. The Hall–Kier alpha value is -3.45. The van der Waals surface area contributed by atoms with Crippen molar-refractivity contribution in [2.45, 2.75) is 12.2 Å². The summed E-state index contributed by atoms with van der Waals surface area (Å²) in [6.07, 6.45) is 1.61. The normalized spacial score (nSPS) is 20.7. The van der Waals surface area contributed by atoms with Crippen LogP contribution in [0.15, 0.2) is 71.7 Å². The first kappa shape index (κ1) is 18.9. The Morgan fingerprint density at radius 2 is 1.62 bits per heavy atom. The number of aliphatic hydroxyl groups is 1. The van der Waals surface area contributed by atoms with Crippen molar-refractivity contribution in [3.05, 3.63) is 82.8 Å². The largest absolute Gasteiger partial charge is 0.497 e. The van der Waals surface area contributed by atoms with Crippen molar-refractivity contribution in [3.63, 3.8) is 0 Å². The molecule has 0 fully saturated rings. The average molecular weight is 396 g/mol. The predicted octanol–water partition coefficient (Wildman–Crippen LogP) is 2.79. The molecule has 2 heterocycles. The van der Waals surface area contributed by atoms with Gasteiger partial charge in [-0.15, -0.1) is 0 Å². The standard InChI is InChI=1S/C22H20O7/c1-25-16-7-3-14(4-8-16)11-18-20(19-12-27-13-28-19)21(23)29-22(18,24)15-5-9-17(26-2)10-6-15/h3-10,12,24H,11,13H2,1-2H3. The van der Waals surface area contributed by atoms with Crippen molar-refractivity contribution >= 4 is 5.97 Å². The van der Waals surface area contributed by atoms with Gasteiger partial charge >= 0.3 is 5.97 Å².